The molecule has 2 aromatic rings. The van der Waals surface area contributed by atoms with E-state index in [4.69, 9.17) is 5.73 Å². The van der Waals surface area contributed by atoms with E-state index in [1.54, 1.807) is 0 Å². The van der Waals surface area contributed by atoms with Crippen molar-refractivity contribution in [2.45, 2.75) is 19.4 Å². The van der Waals surface area contributed by atoms with Gasteiger partial charge in [0.1, 0.15) is 0 Å². The van der Waals surface area contributed by atoms with Gasteiger partial charge >= 0.3 is 0 Å². The molecule has 0 radical (unpaired) electrons. The molecule has 3 N–H and O–H groups in total. The molecule has 0 bridgehead atoms. The number of hydrogen-bond acceptors (Lipinski definition) is 4. The van der Waals surface area contributed by atoms with E-state index in [0.29, 0.717) is 11.6 Å². The lowest BCUT2D eigenvalue weighted by atomic mass is 10.1. The smallest absolute Gasteiger partial charge is 0.252 e. The van der Waals surface area contributed by atoms with Gasteiger partial charge in [0.05, 0.1) is 5.69 Å². The largest absolute Gasteiger partial charge is 0.341 e. The highest BCUT2D eigenvalue weighted by atomic mass is 16.1. The van der Waals surface area contributed by atoms with E-state index in [2.05, 4.69) is 9.97 Å². The van der Waals surface area contributed by atoms with Crippen molar-refractivity contribution in [3.8, 4) is 11.3 Å². The SMILES string of the molecule is Cc1ccc(-c2cc(=O)[nH]c(N3CCC(N)C3)n2)cc1. The van der Waals surface area contributed by atoms with E-state index in [1.165, 1.54) is 11.6 Å². The number of hydrogen-bond donors (Lipinski definition) is 2. The van der Waals surface area contributed by atoms with Gasteiger partial charge in [-0.1, -0.05) is 29.8 Å². The lowest BCUT2D eigenvalue weighted by Crippen LogP contribution is -2.29. The predicted molar refractivity (Wildman–Crippen MR) is 79.8 cm³/mol. The lowest BCUT2D eigenvalue weighted by Gasteiger charge is -2.16. The minimum absolute atomic E-state index is 0.133. The number of nitrogens with zero attached hydrogens (tertiary/aromatic N) is 2. The Bertz CT molecular complexity index is 662. The highest BCUT2D eigenvalue weighted by molar-refractivity contribution is 5.60. The third kappa shape index (κ3) is 2.58. The Kier molecular flexibility index (Phi) is 3.28. The molecule has 1 aliphatic rings. The average molecular weight is 270 g/mol. The molecule has 1 atom stereocenters. The molecule has 104 valence electrons. The number of aromatic nitrogens is 2. The molecule has 3 rings (SSSR count). The fraction of sp³-hybridized carbons (Fsp3) is 0.333. The summed E-state index contributed by atoms with van der Waals surface area (Å²) in [6.45, 7) is 3.60. The Hall–Kier alpha value is -2.14. The zero-order valence-electron chi connectivity index (χ0n) is 11.5. The number of benzene rings is 1. The summed E-state index contributed by atoms with van der Waals surface area (Å²) >= 11 is 0. The fourth-order valence-electron chi connectivity index (χ4n) is 2.45. The van der Waals surface area contributed by atoms with Crippen molar-refractivity contribution >= 4 is 5.95 Å². The number of rotatable bonds is 2. The molecule has 0 saturated carbocycles. The first-order chi connectivity index (χ1) is 9.61. The number of nitrogens with one attached hydrogen (secondary N) is 1. The van der Waals surface area contributed by atoms with Gasteiger partial charge in [-0.2, -0.15) is 0 Å². The van der Waals surface area contributed by atoms with Crippen LogP contribution < -0.4 is 16.2 Å². The molecule has 0 aliphatic carbocycles. The van der Waals surface area contributed by atoms with Gasteiger partial charge in [-0.15, -0.1) is 0 Å². The van der Waals surface area contributed by atoms with E-state index >= 15 is 0 Å². The van der Waals surface area contributed by atoms with Crippen LogP contribution in [0.5, 0.6) is 0 Å². The van der Waals surface area contributed by atoms with Crippen LogP contribution in [0.25, 0.3) is 11.3 Å². The van der Waals surface area contributed by atoms with Gasteiger partial charge < -0.3 is 10.6 Å². The number of anilines is 1. The van der Waals surface area contributed by atoms with Crippen LogP contribution in [0.4, 0.5) is 5.95 Å². The third-order valence-corrected chi connectivity index (χ3v) is 3.60. The Balaban J connectivity index is 1.98. The van der Waals surface area contributed by atoms with Gasteiger partial charge in [0.2, 0.25) is 5.95 Å². The van der Waals surface area contributed by atoms with Gasteiger partial charge in [-0.25, -0.2) is 4.98 Å². The van der Waals surface area contributed by atoms with Crippen LogP contribution >= 0.6 is 0 Å². The lowest BCUT2D eigenvalue weighted by molar-refractivity contribution is 0.750. The first-order valence-corrected chi connectivity index (χ1v) is 6.81. The maximum absolute atomic E-state index is 11.8. The van der Waals surface area contributed by atoms with Gasteiger partial charge in [-0.05, 0) is 13.3 Å². The summed E-state index contributed by atoms with van der Waals surface area (Å²) in [5, 5.41) is 0. The van der Waals surface area contributed by atoms with Crippen molar-refractivity contribution in [2.24, 2.45) is 5.73 Å². The predicted octanol–water partition coefficient (Wildman–Crippen LogP) is 1.28. The molecule has 1 saturated heterocycles. The highest BCUT2D eigenvalue weighted by Crippen LogP contribution is 2.20. The molecule has 5 nitrogen and oxygen atoms in total. The Morgan fingerprint density at radius 1 is 1.35 bits per heavy atom. The summed E-state index contributed by atoms with van der Waals surface area (Å²) in [4.78, 5) is 21.2. The Morgan fingerprint density at radius 2 is 2.10 bits per heavy atom. The summed E-state index contributed by atoms with van der Waals surface area (Å²) in [5.74, 6) is 0.612. The van der Waals surface area contributed by atoms with Gasteiger partial charge in [0.15, 0.2) is 0 Å². The molecule has 0 spiro atoms. The number of H-pyrrole nitrogens is 1. The molecular formula is C15H18N4O. The van der Waals surface area contributed by atoms with Crippen molar-refractivity contribution in [2.75, 3.05) is 18.0 Å². The van der Waals surface area contributed by atoms with Gasteiger partial charge in [0, 0.05) is 30.8 Å². The zero-order chi connectivity index (χ0) is 14.1. The van der Waals surface area contributed by atoms with Gasteiger partial charge in [-0.3, -0.25) is 9.78 Å². The van der Waals surface area contributed by atoms with Crippen LogP contribution in [0.1, 0.15) is 12.0 Å². The topological polar surface area (TPSA) is 75.0 Å². The summed E-state index contributed by atoms with van der Waals surface area (Å²) in [6, 6.07) is 9.69. The van der Waals surface area contributed by atoms with Crippen LogP contribution in [-0.2, 0) is 0 Å². The average Bonchev–Trinajstić information content (AvgIpc) is 2.85. The number of aryl methyl sites for hydroxylation is 1. The standard InChI is InChI=1S/C15H18N4O/c1-10-2-4-11(5-3-10)13-8-14(20)18-15(17-13)19-7-6-12(16)9-19/h2-5,8,12H,6-7,9,16H2,1H3,(H,17,18,20). The second-order valence-corrected chi connectivity index (χ2v) is 5.32. The molecule has 0 amide bonds. The van der Waals surface area contributed by atoms with E-state index in [-0.39, 0.29) is 11.6 Å². The molecule has 1 unspecified atom stereocenters. The first kappa shape index (κ1) is 12.9. The second kappa shape index (κ2) is 5.09. The first-order valence-electron chi connectivity index (χ1n) is 6.81. The highest BCUT2D eigenvalue weighted by Gasteiger charge is 2.21. The molecule has 1 fully saturated rings. The van der Waals surface area contributed by atoms with E-state index in [9.17, 15) is 4.79 Å². The maximum Gasteiger partial charge on any atom is 0.252 e. The molecule has 1 aromatic heterocycles. The molecule has 1 aliphatic heterocycles. The quantitative estimate of drug-likeness (QED) is 0.862. The maximum atomic E-state index is 11.8. The minimum atomic E-state index is -0.133. The van der Waals surface area contributed by atoms with Crippen molar-refractivity contribution in [1.29, 1.82) is 0 Å². The van der Waals surface area contributed by atoms with Crippen molar-refractivity contribution in [3.63, 3.8) is 0 Å². The number of nitrogens with two attached hydrogens (primary N) is 1. The van der Waals surface area contributed by atoms with Crippen LogP contribution in [-0.4, -0.2) is 29.1 Å². The van der Waals surface area contributed by atoms with Gasteiger partial charge in [0.25, 0.3) is 5.56 Å². The summed E-state index contributed by atoms with van der Waals surface area (Å²) in [6.07, 6.45) is 0.929. The fourth-order valence-corrected chi connectivity index (χ4v) is 2.45. The molecule has 20 heavy (non-hydrogen) atoms. The normalized spacial score (nSPS) is 18.5. The Morgan fingerprint density at radius 3 is 2.75 bits per heavy atom. The van der Waals surface area contributed by atoms with E-state index < -0.39 is 0 Å². The molecule has 2 heterocycles. The summed E-state index contributed by atoms with van der Waals surface area (Å²) < 4.78 is 0. The van der Waals surface area contributed by atoms with Crippen molar-refractivity contribution < 1.29 is 0 Å². The molecular weight excluding hydrogens is 252 g/mol. The van der Waals surface area contributed by atoms with Crippen LogP contribution in [0.3, 0.4) is 0 Å². The second-order valence-electron chi connectivity index (χ2n) is 5.32. The third-order valence-electron chi connectivity index (χ3n) is 3.60. The zero-order valence-corrected chi connectivity index (χ0v) is 11.5. The van der Waals surface area contributed by atoms with Crippen molar-refractivity contribution in [3.05, 3.63) is 46.2 Å². The van der Waals surface area contributed by atoms with Crippen LogP contribution in [0.2, 0.25) is 0 Å². The van der Waals surface area contributed by atoms with Crippen LogP contribution in [0.15, 0.2) is 35.1 Å². The molecule has 1 aromatic carbocycles. The van der Waals surface area contributed by atoms with E-state index in [1.807, 2.05) is 36.1 Å². The summed E-state index contributed by atoms with van der Waals surface area (Å²) in [7, 11) is 0. The number of aromatic amines is 1. The monoisotopic (exact) mass is 270 g/mol. The Labute approximate surface area is 117 Å². The van der Waals surface area contributed by atoms with E-state index in [0.717, 1.165) is 25.1 Å². The van der Waals surface area contributed by atoms with Crippen molar-refractivity contribution in [1.82, 2.24) is 9.97 Å². The minimum Gasteiger partial charge on any atom is -0.341 e. The molecule has 5 heteroatoms. The summed E-state index contributed by atoms with van der Waals surface area (Å²) in [5.41, 5.74) is 8.60. The van der Waals surface area contributed by atoms with Crippen LogP contribution in [0, 0.1) is 6.92 Å².